The van der Waals surface area contributed by atoms with Gasteiger partial charge in [-0.2, -0.15) is 0 Å². The number of rotatable bonds is 2. The number of pyridine rings is 1. The lowest BCUT2D eigenvalue weighted by Crippen LogP contribution is -2.37. The number of carbonyl (C=O) groups excluding carboxylic acids is 1. The quantitative estimate of drug-likeness (QED) is 0.845. The minimum atomic E-state index is -3.91. The molecule has 1 aromatic carbocycles. The summed E-state index contributed by atoms with van der Waals surface area (Å²) >= 11 is 0. The molecule has 1 amide bonds. The molecule has 0 spiro atoms. The number of sulfonamides is 1. The molecule has 0 aliphatic carbocycles. The molecule has 1 aromatic heterocycles. The number of anilines is 1. The van der Waals surface area contributed by atoms with Gasteiger partial charge >= 0.3 is 0 Å². The molecule has 2 N–H and O–H groups in total. The first-order valence-corrected chi connectivity index (χ1v) is 8.11. The Morgan fingerprint density at radius 2 is 1.83 bits per heavy atom. The van der Waals surface area contributed by atoms with Crippen LogP contribution in [0.5, 0.6) is 0 Å². The zero-order valence-electron chi connectivity index (χ0n) is 12.5. The number of nitrogens with one attached hydrogen (secondary N) is 1. The summed E-state index contributed by atoms with van der Waals surface area (Å²) in [4.78, 5) is 16.3. The van der Waals surface area contributed by atoms with Crippen molar-refractivity contribution in [1.82, 2.24) is 9.29 Å². The molecule has 126 valence electrons. The monoisotopic (exact) mass is 367 g/mol. The van der Waals surface area contributed by atoms with E-state index >= 15 is 0 Å². The Balaban J connectivity index is 0.00000208. The number of benzene rings is 1. The van der Waals surface area contributed by atoms with E-state index in [-0.39, 0.29) is 34.4 Å². The number of aliphatic hydroxyl groups is 1. The van der Waals surface area contributed by atoms with Gasteiger partial charge in [0.05, 0.1) is 4.90 Å². The van der Waals surface area contributed by atoms with Crippen LogP contribution in [0.2, 0.25) is 0 Å². The summed E-state index contributed by atoms with van der Waals surface area (Å²) in [7, 11) is -2.69. The summed E-state index contributed by atoms with van der Waals surface area (Å²) in [5.41, 5.74) is -0.258. The van der Waals surface area contributed by atoms with Gasteiger partial charge in [0.1, 0.15) is 5.82 Å². The fraction of sp³-hybridized carbons (Fsp3) is 0.0667. The molecule has 9 heteroatoms. The number of fused-ring (bicyclic) bond motifs is 1. The van der Waals surface area contributed by atoms with Crippen LogP contribution in [0.1, 0.15) is 5.56 Å². The SMILES string of the molecule is CN1C(C(=O)Nc2ccccn2)=C(O)c2ccccc2S1(=O)=O.Cl. The number of likely N-dealkylation sites (N-methyl/N-ethyl adjacent to an activating group) is 1. The van der Waals surface area contributed by atoms with Crippen LogP contribution in [0.15, 0.2) is 59.3 Å². The maximum absolute atomic E-state index is 12.5. The Morgan fingerprint density at radius 1 is 1.17 bits per heavy atom. The first kappa shape index (κ1) is 17.8. The summed E-state index contributed by atoms with van der Waals surface area (Å²) < 4.78 is 25.8. The largest absolute Gasteiger partial charge is 0.505 e. The van der Waals surface area contributed by atoms with Crippen molar-refractivity contribution in [2.45, 2.75) is 4.90 Å². The fourth-order valence-corrected chi connectivity index (χ4v) is 3.69. The van der Waals surface area contributed by atoms with Crippen LogP contribution in [0, 0.1) is 0 Å². The molecule has 2 heterocycles. The minimum Gasteiger partial charge on any atom is -0.505 e. The summed E-state index contributed by atoms with van der Waals surface area (Å²) in [5.74, 6) is -0.907. The standard InChI is InChI=1S/C15H13N3O4S.ClH/c1-18-13(15(20)17-12-8-4-5-9-16-12)14(19)10-6-2-3-7-11(10)23(18,21)22;/h2-9,19H,1H3,(H,16,17,20);1H. The normalized spacial score (nSPS) is 15.3. The molecule has 0 saturated carbocycles. The number of hydrogen-bond acceptors (Lipinski definition) is 5. The summed E-state index contributed by atoms with van der Waals surface area (Å²) in [6.45, 7) is 0. The van der Waals surface area contributed by atoms with Crippen molar-refractivity contribution in [2.75, 3.05) is 12.4 Å². The van der Waals surface area contributed by atoms with Crippen molar-refractivity contribution in [1.29, 1.82) is 0 Å². The summed E-state index contributed by atoms with van der Waals surface area (Å²) in [6, 6.07) is 10.9. The zero-order chi connectivity index (χ0) is 16.6. The third kappa shape index (κ3) is 2.81. The van der Waals surface area contributed by atoms with Gasteiger partial charge in [0.15, 0.2) is 11.5 Å². The molecule has 0 radical (unpaired) electrons. The molecule has 0 atom stereocenters. The minimum absolute atomic E-state index is 0. The molecular formula is C15H14ClN3O4S. The lowest BCUT2D eigenvalue weighted by molar-refractivity contribution is -0.113. The number of aliphatic hydroxyl groups excluding tert-OH is 1. The molecular weight excluding hydrogens is 354 g/mol. The molecule has 24 heavy (non-hydrogen) atoms. The highest BCUT2D eigenvalue weighted by Gasteiger charge is 2.37. The van der Waals surface area contributed by atoms with Crippen molar-refractivity contribution in [3.63, 3.8) is 0 Å². The molecule has 3 rings (SSSR count). The number of amides is 1. The van der Waals surface area contributed by atoms with Crippen LogP contribution >= 0.6 is 12.4 Å². The first-order chi connectivity index (χ1) is 10.9. The van der Waals surface area contributed by atoms with Crippen molar-refractivity contribution in [3.8, 4) is 0 Å². The van der Waals surface area contributed by atoms with Gasteiger partial charge in [-0.05, 0) is 24.3 Å². The first-order valence-electron chi connectivity index (χ1n) is 6.67. The second kappa shape index (κ2) is 6.50. The van der Waals surface area contributed by atoms with Gasteiger partial charge in [0, 0.05) is 18.8 Å². The average molecular weight is 368 g/mol. The van der Waals surface area contributed by atoms with Gasteiger partial charge in [-0.15, -0.1) is 12.4 Å². The number of halogens is 1. The highest BCUT2D eigenvalue weighted by molar-refractivity contribution is 7.89. The molecule has 0 unspecified atom stereocenters. The van der Waals surface area contributed by atoms with Gasteiger partial charge < -0.3 is 10.4 Å². The molecule has 1 aliphatic heterocycles. The van der Waals surface area contributed by atoms with Crippen molar-refractivity contribution in [2.24, 2.45) is 0 Å². The second-order valence-corrected chi connectivity index (χ2v) is 6.77. The van der Waals surface area contributed by atoms with Gasteiger partial charge in [0.25, 0.3) is 15.9 Å². The van der Waals surface area contributed by atoms with Crippen LogP contribution in [-0.4, -0.2) is 35.8 Å². The molecule has 0 fully saturated rings. The van der Waals surface area contributed by atoms with E-state index in [1.807, 2.05) is 0 Å². The maximum atomic E-state index is 12.5. The van der Waals surface area contributed by atoms with Crippen LogP contribution < -0.4 is 5.32 Å². The average Bonchev–Trinajstić information content (AvgIpc) is 2.54. The van der Waals surface area contributed by atoms with E-state index in [1.165, 1.54) is 25.4 Å². The van der Waals surface area contributed by atoms with E-state index in [0.717, 1.165) is 4.31 Å². The second-order valence-electron chi connectivity index (χ2n) is 4.84. The Labute approximate surface area is 145 Å². The fourth-order valence-electron chi connectivity index (χ4n) is 2.29. The van der Waals surface area contributed by atoms with Gasteiger partial charge in [-0.3, -0.25) is 9.10 Å². The van der Waals surface area contributed by atoms with E-state index in [0.29, 0.717) is 0 Å². The summed E-state index contributed by atoms with van der Waals surface area (Å²) in [5, 5.41) is 12.8. The lowest BCUT2D eigenvalue weighted by Gasteiger charge is -2.28. The third-order valence-electron chi connectivity index (χ3n) is 3.44. The van der Waals surface area contributed by atoms with Gasteiger partial charge in [-0.25, -0.2) is 13.4 Å². The Hall–Kier alpha value is -2.58. The lowest BCUT2D eigenvalue weighted by atomic mass is 10.1. The number of aromatic nitrogens is 1. The van der Waals surface area contributed by atoms with Gasteiger partial charge in [-0.1, -0.05) is 18.2 Å². The molecule has 7 nitrogen and oxygen atoms in total. The van der Waals surface area contributed by atoms with Crippen LogP contribution in [-0.2, 0) is 14.8 Å². The van der Waals surface area contributed by atoms with Gasteiger partial charge in [0.2, 0.25) is 0 Å². The Bertz CT molecular complexity index is 913. The summed E-state index contributed by atoms with van der Waals surface area (Å²) in [6.07, 6.45) is 1.49. The Morgan fingerprint density at radius 3 is 2.50 bits per heavy atom. The maximum Gasteiger partial charge on any atom is 0.277 e. The highest BCUT2D eigenvalue weighted by Crippen LogP contribution is 2.34. The van der Waals surface area contributed by atoms with E-state index in [4.69, 9.17) is 0 Å². The molecule has 0 saturated heterocycles. The molecule has 1 aliphatic rings. The van der Waals surface area contributed by atoms with Crippen molar-refractivity contribution < 1.29 is 18.3 Å². The predicted octanol–water partition coefficient (Wildman–Crippen LogP) is 2.00. The number of carbonyl (C=O) groups is 1. The topological polar surface area (TPSA) is 99.6 Å². The smallest absolute Gasteiger partial charge is 0.277 e. The molecule has 0 bridgehead atoms. The zero-order valence-corrected chi connectivity index (χ0v) is 14.1. The van der Waals surface area contributed by atoms with Crippen molar-refractivity contribution >= 4 is 39.9 Å². The number of nitrogens with zero attached hydrogens (tertiary/aromatic N) is 2. The predicted molar refractivity (Wildman–Crippen MR) is 91.1 cm³/mol. The van der Waals surface area contributed by atoms with E-state index < -0.39 is 21.7 Å². The van der Waals surface area contributed by atoms with E-state index in [1.54, 1.807) is 30.3 Å². The van der Waals surface area contributed by atoms with Crippen molar-refractivity contribution in [3.05, 3.63) is 59.9 Å². The van der Waals surface area contributed by atoms with Crippen LogP contribution in [0.4, 0.5) is 5.82 Å². The Kier molecular flexibility index (Phi) is 4.81. The molecule has 2 aromatic rings. The van der Waals surface area contributed by atoms with E-state index in [2.05, 4.69) is 10.3 Å². The third-order valence-corrected chi connectivity index (χ3v) is 5.26. The van der Waals surface area contributed by atoms with Crippen LogP contribution in [0.3, 0.4) is 0 Å². The van der Waals surface area contributed by atoms with E-state index in [9.17, 15) is 18.3 Å². The highest BCUT2D eigenvalue weighted by atomic mass is 35.5. The van der Waals surface area contributed by atoms with Crippen LogP contribution in [0.25, 0.3) is 5.76 Å². The number of hydrogen-bond donors (Lipinski definition) is 2.